The van der Waals surface area contributed by atoms with Crippen molar-refractivity contribution < 1.29 is 29.4 Å². The first-order valence-electron chi connectivity index (χ1n) is 5.79. The number of hydrogen-bond acceptors (Lipinski definition) is 4. The lowest BCUT2D eigenvalue weighted by molar-refractivity contribution is -0.132. The summed E-state index contributed by atoms with van der Waals surface area (Å²) in [6.07, 6.45) is 5.89. The number of carboxylic acid groups (broad SMARTS) is 2. The molecule has 6 nitrogen and oxygen atoms in total. The zero-order valence-electron chi connectivity index (χ0n) is 10.4. The van der Waals surface area contributed by atoms with Crippen LogP contribution in [0.5, 0.6) is 0 Å². The second-order valence-electron chi connectivity index (χ2n) is 3.84. The van der Waals surface area contributed by atoms with Crippen molar-refractivity contribution in [2.45, 2.75) is 32.1 Å². The molecule has 0 aliphatic carbocycles. The maximum absolute atomic E-state index is 11.1. The Labute approximate surface area is 110 Å². The summed E-state index contributed by atoms with van der Waals surface area (Å²) < 4.78 is 0. The molecule has 0 spiro atoms. The van der Waals surface area contributed by atoms with Crippen LogP contribution in [0.3, 0.4) is 0 Å². The van der Waals surface area contributed by atoms with Gasteiger partial charge in [0.15, 0.2) is 11.6 Å². The number of hydrogen-bond donors (Lipinski definition) is 2. The molecule has 0 aromatic carbocycles. The van der Waals surface area contributed by atoms with Crippen LogP contribution >= 0.6 is 0 Å². The van der Waals surface area contributed by atoms with Gasteiger partial charge < -0.3 is 10.2 Å². The Hall–Kier alpha value is -2.24. The summed E-state index contributed by atoms with van der Waals surface area (Å²) in [5.41, 5.74) is 0. The van der Waals surface area contributed by atoms with Crippen molar-refractivity contribution in [2.75, 3.05) is 0 Å². The van der Waals surface area contributed by atoms with Gasteiger partial charge in [-0.3, -0.25) is 9.59 Å². The lowest BCUT2D eigenvalue weighted by Crippen LogP contribution is -1.97. The van der Waals surface area contributed by atoms with E-state index in [-0.39, 0.29) is 24.4 Å². The molecule has 0 fully saturated rings. The van der Waals surface area contributed by atoms with Gasteiger partial charge in [0.05, 0.1) is 0 Å². The molecule has 0 radical (unpaired) electrons. The Balaban J connectivity index is 3.65. The zero-order valence-corrected chi connectivity index (χ0v) is 10.4. The van der Waals surface area contributed by atoms with Gasteiger partial charge >= 0.3 is 11.9 Å². The van der Waals surface area contributed by atoms with Gasteiger partial charge in [0, 0.05) is 25.0 Å². The lowest BCUT2D eigenvalue weighted by atomic mass is 10.1. The fourth-order valence-electron chi connectivity index (χ4n) is 1.27. The quantitative estimate of drug-likeness (QED) is 0.457. The Morgan fingerprint density at radius 2 is 1.00 bits per heavy atom. The third-order valence-corrected chi connectivity index (χ3v) is 2.17. The van der Waals surface area contributed by atoms with Crippen LogP contribution in [0.15, 0.2) is 24.3 Å². The predicted octanol–water partition coefficient (Wildman–Crippen LogP) is 1.36. The van der Waals surface area contributed by atoms with E-state index in [1.807, 2.05) is 0 Å². The highest BCUT2D eigenvalue weighted by Crippen LogP contribution is 2.05. The molecule has 0 unspecified atom stereocenters. The van der Waals surface area contributed by atoms with Crippen molar-refractivity contribution in [1.82, 2.24) is 0 Å². The fourth-order valence-corrected chi connectivity index (χ4v) is 1.27. The largest absolute Gasteiger partial charge is 0.478 e. The number of aliphatic carboxylic acids is 2. The van der Waals surface area contributed by atoms with E-state index in [0.29, 0.717) is 19.3 Å². The molecule has 0 aromatic heterocycles. The predicted molar refractivity (Wildman–Crippen MR) is 66.7 cm³/mol. The summed E-state index contributed by atoms with van der Waals surface area (Å²) in [5, 5.41) is 16.6. The minimum atomic E-state index is -1.16. The second kappa shape index (κ2) is 9.76. The van der Waals surface area contributed by atoms with Crippen LogP contribution in [-0.4, -0.2) is 33.7 Å². The summed E-state index contributed by atoms with van der Waals surface area (Å²) >= 11 is 0. The minimum Gasteiger partial charge on any atom is -0.478 e. The SMILES string of the molecule is O=C(O)/C=C/C(=O)CCCCCC(=O)/C=C/C(=O)O. The Morgan fingerprint density at radius 1 is 0.632 bits per heavy atom. The summed E-state index contributed by atoms with van der Waals surface area (Å²) in [7, 11) is 0. The Kier molecular flexibility index (Phi) is 8.61. The fraction of sp³-hybridized carbons (Fsp3) is 0.385. The monoisotopic (exact) mass is 268 g/mol. The smallest absolute Gasteiger partial charge is 0.328 e. The Bertz CT molecular complexity index is 367. The summed E-state index contributed by atoms with van der Waals surface area (Å²) in [6, 6.07) is 0. The van der Waals surface area contributed by atoms with Crippen molar-refractivity contribution in [3.8, 4) is 0 Å². The molecular weight excluding hydrogens is 252 g/mol. The van der Waals surface area contributed by atoms with Crippen LogP contribution in [0.2, 0.25) is 0 Å². The van der Waals surface area contributed by atoms with E-state index >= 15 is 0 Å². The van der Waals surface area contributed by atoms with Crippen molar-refractivity contribution in [2.24, 2.45) is 0 Å². The summed E-state index contributed by atoms with van der Waals surface area (Å²) in [4.78, 5) is 42.5. The van der Waals surface area contributed by atoms with Gasteiger partial charge in [-0.1, -0.05) is 6.42 Å². The molecule has 0 rings (SSSR count). The highest BCUT2D eigenvalue weighted by atomic mass is 16.4. The van der Waals surface area contributed by atoms with Crippen LogP contribution in [0.25, 0.3) is 0 Å². The standard InChI is InChI=1S/C13H16O6/c14-10(6-8-12(16)17)4-2-1-3-5-11(15)7-9-13(18)19/h6-9H,1-5H2,(H,16,17)(H,18,19)/b8-6+,9-7+. The first-order valence-corrected chi connectivity index (χ1v) is 5.79. The number of ketones is 2. The lowest BCUT2D eigenvalue weighted by Gasteiger charge is -1.97. The molecule has 0 bridgehead atoms. The normalized spacial score (nSPS) is 10.9. The van der Waals surface area contributed by atoms with Gasteiger partial charge in [0.25, 0.3) is 0 Å². The molecule has 0 saturated heterocycles. The first-order chi connectivity index (χ1) is 8.91. The van der Waals surface area contributed by atoms with E-state index in [0.717, 1.165) is 24.3 Å². The summed E-state index contributed by atoms with van der Waals surface area (Å²) in [6.45, 7) is 0. The molecule has 2 N–H and O–H groups in total. The number of carboxylic acids is 2. The topological polar surface area (TPSA) is 109 Å². The van der Waals surface area contributed by atoms with Crippen LogP contribution < -0.4 is 0 Å². The van der Waals surface area contributed by atoms with Crippen molar-refractivity contribution in [3.05, 3.63) is 24.3 Å². The van der Waals surface area contributed by atoms with Gasteiger partial charge in [-0.25, -0.2) is 9.59 Å². The van der Waals surface area contributed by atoms with Gasteiger partial charge in [0.2, 0.25) is 0 Å². The molecular formula is C13H16O6. The highest BCUT2D eigenvalue weighted by molar-refractivity contribution is 5.95. The van der Waals surface area contributed by atoms with Crippen LogP contribution in [-0.2, 0) is 19.2 Å². The van der Waals surface area contributed by atoms with Gasteiger partial charge in [0.1, 0.15) is 0 Å². The molecule has 0 atom stereocenters. The second-order valence-corrected chi connectivity index (χ2v) is 3.84. The summed E-state index contributed by atoms with van der Waals surface area (Å²) in [5.74, 6) is -2.85. The minimum absolute atomic E-state index is 0.239. The molecule has 0 heterocycles. The van der Waals surface area contributed by atoms with E-state index in [9.17, 15) is 19.2 Å². The van der Waals surface area contributed by atoms with Crippen molar-refractivity contribution in [1.29, 1.82) is 0 Å². The number of allylic oxidation sites excluding steroid dienone is 2. The number of rotatable bonds is 10. The molecule has 0 aromatic rings. The molecule has 0 aliphatic heterocycles. The van der Waals surface area contributed by atoms with Crippen molar-refractivity contribution >= 4 is 23.5 Å². The molecule has 19 heavy (non-hydrogen) atoms. The maximum atomic E-state index is 11.1. The molecule has 0 aliphatic rings. The average molecular weight is 268 g/mol. The molecule has 0 saturated carbocycles. The number of carbonyl (C=O) groups excluding carboxylic acids is 2. The van der Waals surface area contributed by atoms with Crippen LogP contribution in [0.4, 0.5) is 0 Å². The molecule has 0 amide bonds. The van der Waals surface area contributed by atoms with Gasteiger partial charge in [-0.15, -0.1) is 0 Å². The van der Waals surface area contributed by atoms with E-state index in [1.165, 1.54) is 0 Å². The number of unbranched alkanes of at least 4 members (excludes halogenated alkanes) is 2. The first kappa shape index (κ1) is 16.8. The van der Waals surface area contributed by atoms with E-state index in [1.54, 1.807) is 0 Å². The zero-order chi connectivity index (χ0) is 14.7. The maximum Gasteiger partial charge on any atom is 0.328 e. The van der Waals surface area contributed by atoms with E-state index < -0.39 is 11.9 Å². The Morgan fingerprint density at radius 3 is 1.32 bits per heavy atom. The third-order valence-electron chi connectivity index (χ3n) is 2.17. The van der Waals surface area contributed by atoms with Crippen molar-refractivity contribution in [3.63, 3.8) is 0 Å². The molecule has 104 valence electrons. The van der Waals surface area contributed by atoms with Gasteiger partial charge in [-0.05, 0) is 25.0 Å². The number of carbonyl (C=O) groups is 4. The highest BCUT2D eigenvalue weighted by Gasteiger charge is 2.01. The average Bonchev–Trinajstić information content (AvgIpc) is 2.33. The van der Waals surface area contributed by atoms with Crippen LogP contribution in [0.1, 0.15) is 32.1 Å². The third kappa shape index (κ3) is 12.0. The van der Waals surface area contributed by atoms with E-state index in [2.05, 4.69) is 0 Å². The molecule has 6 heteroatoms. The van der Waals surface area contributed by atoms with Crippen LogP contribution in [0, 0.1) is 0 Å². The van der Waals surface area contributed by atoms with E-state index in [4.69, 9.17) is 10.2 Å². The van der Waals surface area contributed by atoms with Gasteiger partial charge in [-0.2, -0.15) is 0 Å².